The maximum absolute atomic E-state index is 14.7. The molecule has 11 nitrogen and oxygen atoms in total. The largest absolute Gasteiger partial charge is 0.493 e. The number of benzene rings is 3. The van der Waals surface area contributed by atoms with Crippen LogP contribution in [0.4, 0.5) is 10.1 Å². The maximum Gasteiger partial charge on any atom is 0.284 e. The summed E-state index contributed by atoms with van der Waals surface area (Å²) in [5.74, 6) is 0.770. The maximum atomic E-state index is 14.7. The first kappa shape index (κ1) is 27.8. The molecule has 2 aromatic heterocycles. The Morgan fingerprint density at radius 3 is 2.42 bits per heavy atom. The second kappa shape index (κ2) is 11.5. The Labute approximate surface area is 245 Å². The molecule has 0 saturated carbocycles. The van der Waals surface area contributed by atoms with Gasteiger partial charge in [0, 0.05) is 24.4 Å². The molecule has 0 unspecified atom stereocenters. The number of hydrogen-bond donors (Lipinski definition) is 1. The van der Waals surface area contributed by atoms with Gasteiger partial charge in [-0.05, 0) is 49.6 Å². The zero-order valence-electron chi connectivity index (χ0n) is 23.7. The molecular weight excluding hydrogens is 557 g/mol. The lowest BCUT2D eigenvalue weighted by Crippen LogP contribution is -2.26. The molecule has 0 fully saturated rings. The van der Waals surface area contributed by atoms with E-state index in [1.54, 1.807) is 47.1 Å². The molecule has 220 valence electrons. The van der Waals surface area contributed by atoms with Crippen molar-refractivity contribution in [3.05, 3.63) is 88.4 Å². The summed E-state index contributed by atoms with van der Waals surface area (Å²) in [5, 5.41) is 3.39. The average Bonchev–Trinajstić information content (AvgIpc) is 3.32. The SMILES string of the molecule is COc1cc2ncnc(Oc3ccc(NC(=O)c4c5n(n(-c6ccccc6F)c4=O)CCCC5)cc3OC)c2cc1OC. The summed E-state index contributed by atoms with van der Waals surface area (Å²) in [6.45, 7) is 0.502. The number of carbonyl (C=O) groups excluding carboxylic acids is 1. The van der Waals surface area contributed by atoms with Crippen molar-refractivity contribution < 1.29 is 28.1 Å². The first-order chi connectivity index (χ1) is 20.9. The van der Waals surface area contributed by atoms with Crippen molar-refractivity contribution in [3.8, 4) is 34.6 Å². The van der Waals surface area contributed by atoms with E-state index in [4.69, 9.17) is 18.9 Å². The van der Waals surface area contributed by atoms with Gasteiger partial charge in [0.2, 0.25) is 5.88 Å². The van der Waals surface area contributed by atoms with Gasteiger partial charge < -0.3 is 24.3 Å². The van der Waals surface area contributed by atoms with Crippen molar-refractivity contribution in [2.45, 2.75) is 25.8 Å². The van der Waals surface area contributed by atoms with Crippen molar-refractivity contribution in [2.75, 3.05) is 26.6 Å². The second-order valence-corrected chi connectivity index (χ2v) is 9.80. The van der Waals surface area contributed by atoms with E-state index in [2.05, 4.69) is 15.3 Å². The molecule has 43 heavy (non-hydrogen) atoms. The molecule has 3 aromatic carbocycles. The van der Waals surface area contributed by atoms with E-state index in [0.717, 1.165) is 12.8 Å². The third-order valence-electron chi connectivity index (χ3n) is 7.32. The van der Waals surface area contributed by atoms with Crippen LogP contribution in [0.1, 0.15) is 28.9 Å². The van der Waals surface area contributed by atoms with Crippen LogP contribution in [-0.2, 0) is 13.0 Å². The highest BCUT2D eigenvalue weighted by Crippen LogP contribution is 2.39. The number of hydrogen-bond acceptors (Lipinski definition) is 8. The number of fused-ring (bicyclic) bond motifs is 2. The zero-order chi connectivity index (χ0) is 30.1. The summed E-state index contributed by atoms with van der Waals surface area (Å²) in [6.07, 6.45) is 3.53. The van der Waals surface area contributed by atoms with Gasteiger partial charge in [-0.3, -0.25) is 14.3 Å². The van der Waals surface area contributed by atoms with Crippen LogP contribution in [0.25, 0.3) is 16.6 Å². The van der Waals surface area contributed by atoms with Crippen LogP contribution in [0, 0.1) is 5.82 Å². The van der Waals surface area contributed by atoms with E-state index < -0.39 is 17.3 Å². The molecule has 0 spiro atoms. The molecule has 0 aliphatic carbocycles. The van der Waals surface area contributed by atoms with Crippen molar-refractivity contribution in [1.29, 1.82) is 0 Å². The highest BCUT2D eigenvalue weighted by atomic mass is 19.1. The minimum absolute atomic E-state index is 0.0147. The van der Waals surface area contributed by atoms with Crippen molar-refractivity contribution in [2.24, 2.45) is 0 Å². The third-order valence-corrected chi connectivity index (χ3v) is 7.32. The number of carbonyl (C=O) groups is 1. The van der Waals surface area contributed by atoms with Gasteiger partial charge in [-0.1, -0.05) is 12.1 Å². The van der Waals surface area contributed by atoms with Gasteiger partial charge in [0.05, 0.1) is 37.9 Å². The fraction of sp³-hybridized carbons (Fsp3) is 0.226. The van der Waals surface area contributed by atoms with Crippen LogP contribution in [0.5, 0.6) is 28.9 Å². The number of aromatic nitrogens is 4. The van der Waals surface area contributed by atoms with Crippen molar-refractivity contribution in [3.63, 3.8) is 0 Å². The van der Waals surface area contributed by atoms with Crippen LogP contribution in [0.3, 0.4) is 0 Å². The van der Waals surface area contributed by atoms with E-state index in [0.29, 0.717) is 58.2 Å². The highest BCUT2D eigenvalue weighted by molar-refractivity contribution is 6.05. The summed E-state index contributed by atoms with van der Waals surface area (Å²) in [6, 6.07) is 14.3. The van der Waals surface area contributed by atoms with Gasteiger partial charge in [-0.25, -0.2) is 19.0 Å². The van der Waals surface area contributed by atoms with Gasteiger partial charge in [0.25, 0.3) is 11.5 Å². The van der Waals surface area contributed by atoms with E-state index in [9.17, 15) is 14.0 Å². The van der Waals surface area contributed by atoms with Gasteiger partial charge in [-0.15, -0.1) is 0 Å². The molecule has 0 saturated heterocycles. The minimum atomic E-state index is -0.593. The zero-order valence-corrected chi connectivity index (χ0v) is 23.7. The smallest absolute Gasteiger partial charge is 0.284 e. The molecule has 0 radical (unpaired) electrons. The first-order valence-corrected chi connectivity index (χ1v) is 13.6. The molecule has 6 rings (SSSR count). The lowest BCUT2D eigenvalue weighted by molar-refractivity contribution is 0.102. The lowest BCUT2D eigenvalue weighted by atomic mass is 10.1. The first-order valence-electron chi connectivity index (χ1n) is 13.6. The molecular formula is C31H28FN5O6. The number of amides is 1. The minimum Gasteiger partial charge on any atom is -0.493 e. The fourth-order valence-electron chi connectivity index (χ4n) is 5.29. The van der Waals surface area contributed by atoms with E-state index in [-0.39, 0.29) is 17.1 Å². The van der Waals surface area contributed by atoms with Crippen LogP contribution >= 0.6 is 0 Å². The van der Waals surface area contributed by atoms with Gasteiger partial charge in [0.1, 0.15) is 23.4 Å². The molecule has 3 heterocycles. The van der Waals surface area contributed by atoms with Gasteiger partial charge in [0.15, 0.2) is 23.0 Å². The number of rotatable bonds is 8. The van der Waals surface area contributed by atoms with Crippen LogP contribution < -0.4 is 29.8 Å². The predicted molar refractivity (Wildman–Crippen MR) is 157 cm³/mol. The fourth-order valence-corrected chi connectivity index (χ4v) is 5.29. The monoisotopic (exact) mass is 585 g/mol. The molecule has 1 aliphatic rings. The normalized spacial score (nSPS) is 12.5. The molecule has 1 amide bonds. The number of para-hydroxylation sites is 1. The number of halogens is 1. The van der Waals surface area contributed by atoms with Crippen LogP contribution in [-0.4, -0.2) is 46.6 Å². The van der Waals surface area contributed by atoms with Crippen molar-refractivity contribution >= 4 is 22.5 Å². The Kier molecular flexibility index (Phi) is 7.41. The summed E-state index contributed by atoms with van der Waals surface area (Å²) < 4.78 is 40.1. The quantitative estimate of drug-likeness (QED) is 0.266. The standard InChI is InChI=1S/C31H28FN5O6/c1-40-25-14-18(11-12-24(25)43-30-19-15-26(41-2)27(42-3)16-21(19)33-17-34-30)35-29(38)28-23-10-6-7-13-36(23)37(31(28)39)22-9-5-4-8-20(22)32/h4-5,8-9,11-12,14-17H,6-7,10,13H2,1-3H3,(H,35,38). The topological polar surface area (TPSA) is 119 Å². The third kappa shape index (κ3) is 5.00. The van der Waals surface area contributed by atoms with Gasteiger partial charge in [-0.2, -0.15) is 0 Å². The number of ether oxygens (including phenoxy) is 4. The number of methoxy groups -OCH3 is 3. The molecule has 12 heteroatoms. The predicted octanol–water partition coefficient (Wildman–Crippen LogP) is 5.13. The lowest BCUT2D eigenvalue weighted by Gasteiger charge is -2.19. The number of nitrogens with zero attached hydrogens (tertiary/aromatic N) is 4. The number of nitrogens with one attached hydrogen (secondary N) is 1. The summed E-state index contributed by atoms with van der Waals surface area (Å²) in [4.78, 5) is 35.7. The Morgan fingerprint density at radius 2 is 1.65 bits per heavy atom. The Balaban J connectivity index is 1.31. The van der Waals surface area contributed by atoms with Crippen LogP contribution in [0.15, 0.2) is 65.7 Å². The van der Waals surface area contributed by atoms with E-state index in [1.807, 2.05) is 0 Å². The average molecular weight is 586 g/mol. The highest BCUT2D eigenvalue weighted by Gasteiger charge is 2.29. The molecule has 1 N–H and O–H groups in total. The molecule has 0 bridgehead atoms. The second-order valence-electron chi connectivity index (χ2n) is 9.80. The molecule has 1 aliphatic heterocycles. The summed E-state index contributed by atoms with van der Waals surface area (Å²) in [7, 11) is 4.54. The Hall–Kier alpha value is -5.39. The number of anilines is 1. The van der Waals surface area contributed by atoms with Crippen LogP contribution in [0.2, 0.25) is 0 Å². The molecule has 5 aromatic rings. The van der Waals surface area contributed by atoms with E-state index in [1.165, 1.54) is 44.5 Å². The van der Waals surface area contributed by atoms with Crippen molar-refractivity contribution in [1.82, 2.24) is 19.3 Å². The summed E-state index contributed by atoms with van der Waals surface area (Å²) in [5.41, 5.74) is 1.05. The Bertz CT molecular complexity index is 1920. The van der Waals surface area contributed by atoms with E-state index >= 15 is 0 Å². The summed E-state index contributed by atoms with van der Waals surface area (Å²) >= 11 is 0. The molecule has 0 atom stereocenters. The van der Waals surface area contributed by atoms with Gasteiger partial charge >= 0.3 is 0 Å². The Morgan fingerprint density at radius 1 is 0.907 bits per heavy atom.